The number of H-pyrrole nitrogens is 2. The molecule has 1 amide bonds. The van der Waals surface area contributed by atoms with Crippen LogP contribution < -0.4 is 5.56 Å². The molecule has 14 heteroatoms. The van der Waals surface area contributed by atoms with Gasteiger partial charge in [-0.1, -0.05) is 18.2 Å². The lowest BCUT2D eigenvalue weighted by molar-refractivity contribution is -0.137. The SMILES string of the molecule is O=C1N=C(c2ccccn2)Cc2c1cnn2-c1cccc(C(F)(F)F)c1.O=c1[nH]c(-c2ccccn2)nc2nc[nH]c12. The van der Waals surface area contributed by atoms with Crippen molar-refractivity contribution in [3.05, 3.63) is 118 Å². The molecule has 2 N–H and O–H groups in total. The van der Waals surface area contributed by atoms with Crippen LogP contribution in [0.3, 0.4) is 0 Å². The number of carbonyl (C=O) groups is 1. The van der Waals surface area contributed by atoms with Crippen molar-refractivity contribution in [3.8, 4) is 17.2 Å². The van der Waals surface area contributed by atoms with E-state index in [9.17, 15) is 22.8 Å². The molecule has 208 valence electrons. The summed E-state index contributed by atoms with van der Waals surface area (Å²) in [4.78, 5) is 49.8. The van der Waals surface area contributed by atoms with Crippen LogP contribution in [0.4, 0.5) is 13.2 Å². The highest BCUT2D eigenvalue weighted by Gasteiger charge is 2.31. The summed E-state index contributed by atoms with van der Waals surface area (Å²) in [5.74, 6) is -0.0599. The normalized spacial score (nSPS) is 12.8. The standard InChI is InChI=1S/C18H11F3N4O.C10H7N5O/c19-18(20,21)11-4-3-5-12(8-11)25-16-9-15(14-6-1-2-7-22-14)24-17(26)13(16)10-23-25;16-10-7-9(13-5-12-7)14-8(15-10)6-3-1-2-4-11-6/h1-8,10H,9H2;1-5H,(H2,12,13,14,15,16). The minimum absolute atomic E-state index is 0.233. The molecule has 6 aromatic rings. The highest BCUT2D eigenvalue weighted by molar-refractivity contribution is 6.14. The van der Waals surface area contributed by atoms with Crippen molar-refractivity contribution in [1.82, 2.24) is 39.7 Å². The molecule has 0 fully saturated rings. The summed E-state index contributed by atoms with van der Waals surface area (Å²) >= 11 is 0. The third-order valence-electron chi connectivity index (χ3n) is 6.25. The maximum Gasteiger partial charge on any atom is 0.416 e. The summed E-state index contributed by atoms with van der Waals surface area (Å²) in [6.07, 6.45) is 1.78. The average molecular weight is 570 g/mol. The second-order valence-corrected chi connectivity index (χ2v) is 8.95. The molecule has 0 saturated heterocycles. The molecule has 11 nitrogen and oxygen atoms in total. The molecule has 0 spiro atoms. The molecule has 0 radical (unpaired) electrons. The Morgan fingerprint density at radius 1 is 0.881 bits per heavy atom. The van der Waals surface area contributed by atoms with Crippen molar-refractivity contribution in [2.24, 2.45) is 4.99 Å². The van der Waals surface area contributed by atoms with Crippen molar-refractivity contribution in [2.75, 3.05) is 0 Å². The predicted octanol–water partition coefficient (Wildman–Crippen LogP) is 4.18. The Hall–Kier alpha value is -5.79. The molecule has 0 unspecified atom stereocenters. The summed E-state index contributed by atoms with van der Waals surface area (Å²) in [5.41, 5.74) is 2.36. The molecule has 0 atom stereocenters. The number of nitrogens with one attached hydrogen (secondary N) is 2. The van der Waals surface area contributed by atoms with Gasteiger partial charge in [0.15, 0.2) is 17.0 Å². The Bertz CT molecular complexity index is 2000. The molecular formula is C28H18F3N9O2. The molecule has 0 saturated carbocycles. The quantitative estimate of drug-likeness (QED) is 0.325. The number of carbonyl (C=O) groups excluding carboxylic acids is 1. The van der Waals surface area contributed by atoms with E-state index in [1.54, 1.807) is 42.7 Å². The van der Waals surface area contributed by atoms with Gasteiger partial charge in [-0.2, -0.15) is 18.3 Å². The van der Waals surface area contributed by atoms with Gasteiger partial charge in [0.05, 0.1) is 46.4 Å². The highest BCUT2D eigenvalue weighted by atomic mass is 19.4. The Balaban J connectivity index is 0.000000168. The number of aromatic nitrogens is 8. The summed E-state index contributed by atoms with van der Waals surface area (Å²) in [7, 11) is 0. The first-order valence-electron chi connectivity index (χ1n) is 12.4. The molecule has 6 heterocycles. The van der Waals surface area contributed by atoms with E-state index < -0.39 is 17.6 Å². The van der Waals surface area contributed by atoms with Crippen molar-refractivity contribution in [2.45, 2.75) is 12.6 Å². The van der Waals surface area contributed by atoms with Gasteiger partial charge in [0.1, 0.15) is 5.69 Å². The number of aromatic amines is 2. The lowest BCUT2D eigenvalue weighted by Crippen LogP contribution is -2.20. The Labute approximate surface area is 233 Å². The monoisotopic (exact) mass is 569 g/mol. The highest BCUT2D eigenvalue weighted by Crippen LogP contribution is 2.31. The topological polar surface area (TPSA) is 147 Å². The number of imidazole rings is 1. The van der Waals surface area contributed by atoms with Gasteiger partial charge < -0.3 is 9.97 Å². The zero-order chi connectivity index (χ0) is 29.3. The van der Waals surface area contributed by atoms with Crippen molar-refractivity contribution >= 4 is 22.8 Å². The fourth-order valence-corrected chi connectivity index (χ4v) is 4.29. The van der Waals surface area contributed by atoms with Crippen LogP contribution >= 0.6 is 0 Å². The summed E-state index contributed by atoms with van der Waals surface area (Å²) < 4.78 is 40.3. The largest absolute Gasteiger partial charge is 0.416 e. The van der Waals surface area contributed by atoms with Gasteiger partial charge in [-0.3, -0.25) is 19.6 Å². The lowest BCUT2D eigenvalue weighted by atomic mass is 10.0. The third-order valence-corrected chi connectivity index (χ3v) is 6.25. The second-order valence-electron chi connectivity index (χ2n) is 8.95. The third kappa shape index (κ3) is 5.20. The van der Waals surface area contributed by atoms with E-state index in [0.717, 1.165) is 12.1 Å². The van der Waals surface area contributed by atoms with Crippen molar-refractivity contribution < 1.29 is 18.0 Å². The predicted molar refractivity (Wildman–Crippen MR) is 145 cm³/mol. The maximum absolute atomic E-state index is 13.0. The van der Waals surface area contributed by atoms with Crippen LogP contribution in [0.2, 0.25) is 0 Å². The molecule has 1 aromatic carbocycles. The molecule has 1 aliphatic heterocycles. The number of alkyl halides is 3. The van der Waals surface area contributed by atoms with Gasteiger partial charge >= 0.3 is 6.18 Å². The van der Waals surface area contributed by atoms with E-state index in [-0.39, 0.29) is 23.2 Å². The zero-order valence-corrected chi connectivity index (χ0v) is 21.4. The number of benzene rings is 1. The Morgan fingerprint density at radius 3 is 2.36 bits per heavy atom. The number of hydrogen-bond acceptors (Lipinski definition) is 7. The van der Waals surface area contributed by atoms with Crippen LogP contribution in [0.25, 0.3) is 28.4 Å². The maximum atomic E-state index is 13.0. The Morgan fingerprint density at radius 2 is 1.64 bits per heavy atom. The first kappa shape index (κ1) is 26.4. The molecule has 42 heavy (non-hydrogen) atoms. The molecular weight excluding hydrogens is 551 g/mol. The number of amides is 1. The van der Waals surface area contributed by atoms with Crippen LogP contribution in [0.15, 0.2) is 95.4 Å². The van der Waals surface area contributed by atoms with Crippen molar-refractivity contribution in [3.63, 3.8) is 0 Å². The molecule has 0 bridgehead atoms. The fraction of sp³-hybridized carbons (Fsp3) is 0.0714. The number of aliphatic imine (C=N–C) groups is 1. The van der Waals surface area contributed by atoms with Gasteiger partial charge in [-0.25, -0.2) is 19.6 Å². The van der Waals surface area contributed by atoms with Gasteiger partial charge in [0.2, 0.25) is 0 Å². The van der Waals surface area contributed by atoms with Crippen LogP contribution in [0.1, 0.15) is 27.3 Å². The lowest BCUT2D eigenvalue weighted by Gasteiger charge is -2.15. The number of fused-ring (bicyclic) bond motifs is 2. The van der Waals surface area contributed by atoms with E-state index >= 15 is 0 Å². The van der Waals surface area contributed by atoms with E-state index in [1.807, 2.05) is 6.07 Å². The second kappa shape index (κ2) is 10.6. The van der Waals surface area contributed by atoms with Crippen LogP contribution in [0.5, 0.6) is 0 Å². The van der Waals surface area contributed by atoms with Gasteiger partial charge in [0, 0.05) is 18.8 Å². The number of hydrogen-bond donors (Lipinski definition) is 2. The van der Waals surface area contributed by atoms with Crippen LogP contribution in [0, 0.1) is 0 Å². The minimum Gasteiger partial charge on any atom is -0.339 e. The molecule has 5 aromatic heterocycles. The fourth-order valence-electron chi connectivity index (χ4n) is 4.29. The molecule has 0 aliphatic carbocycles. The number of nitrogens with zero attached hydrogens (tertiary/aromatic N) is 7. The van der Waals surface area contributed by atoms with E-state index in [0.29, 0.717) is 39.8 Å². The van der Waals surface area contributed by atoms with E-state index in [1.165, 1.54) is 29.3 Å². The first-order valence-corrected chi connectivity index (χ1v) is 12.4. The average Bonchev–Trinajstić information content (AvgIpc) is 3.66. The van der Waals surface area contributed by atoms with Crippen LogP contribution in [-0.2, 0) is 12.6 Å². The molecule has 7 rings (SSSR count). The smallest absolute Gasteiger partial charge is 0.339 e. The summed E-state index contributed by atoms with van der Waals surface area (Å²) in [5, 5.41) is 4.10. The van der Waals surface area contributed by atoms with Gasteiger partial charge in [-0.05, 0) is 42.5 Å². The van der Waals surface area contributed by atoms with E-state index in [2.05, 4.69) is 40.0 Å². The van der Waals surface area contributed by atoms with Gasteiger partial charge in [-0.15, -0.1) is 0 Å². The van der Waals surface area contributed by atoms with Crippen LogP contribution in [-0.4, -0.2) is 51.3 Å². The van der Waals surface area contributed by atoms with E-state index in [4.69, 9.17) is 0 Å². The minimum atomic E-state index is -4.46. The summed E-state index contributed by atoms with van der Waals surface area (Å²) in [6.45, 7) is 0. The number of rotatable bonds is 3. The number of pyridine rings is 2. The number of halogens is 3. The van der Waals surface area contributed by atoms with Gasteiger partial charge in [0.25, 0.3) is 11.5 Å². The summed E-state index contributed by atoms with van der Waals surface area (Å²) in [6, 6.07) is 15.5. The van der Waals surface area contributed by atoms with Crippen molar-refractivity contribution in [1.29, 1.82) is 0 Å². The Kier molecular flexibility index (Phi) is 6.70. The first-order chi connectivity index (χ1) is 20.3. The zero-order valence-electron chi connectivity index (χ0n) is 21.4. The molecule has 1 aliphatic rings.